The second-order valence-corrected chi connectivity index (χ2v) is 6.99. The number of ether oxygens (including phenoxy) is 1. The molecule has 1 aliphatic heterocycles. The number of anilines is 1. The summed E-state index contributed by atoms with van der Waals surface area (Å²) in [4.78, 5) is 39.4. The van der Waals surface area contributed by atoms with Gasteiger partial charge in [0.15, 0.2) is 0 Å². The van der Waals surface area contributed by atoms with Crippen LogP contribution in [-0.4, -0.2) is 73.6 Å². The number of rotatable bonds is 8. The summed E-state index contributed by atoms with van der Waals surface area (Å²) < 4.78 is 6.12. The van der Waals surface area contributed by atoms with Crippen LogP contribution in [0.15, 0.2) is 28.7 Å². The van der Waals surface area contributed by atoms with Gasteiger partial charge in [0.05, 0.1) is 6.54 Å². The van der Waals surface area contributed by atoms with Gasteiger partial charge in [-0.1, -0.05) is 15.9 Å². The molecule has 1 fully saturated rings. The molecule has 0 aromatic heterocycles. The minimum absolute atomic E-state index is 0.00956. The van der Waals surface area contributed by atoms with Crippen LogP contribution in [0.2, 0.25) is 0 Å². The smallest absolute Gasteiger partial charge is 0.322 e. The third-order valence-corrected chi connectivity index (χ3v) is 4.56. The topological polar surface area (TPSA) is 91.0 Å². The average molecular weight is 441 g/mol. The highest BCUT2D eigenvalue weighted by molar-refractivity contribution is 9.10. The van der Waals surface area contributed by atoms with Crippen LogP contribution in [0.1, 0.15) is 13.3 Å². The number of hydrogen-bond donors (Lipinski definition) is 2. The van der Waals surface area contributed by atoms with Crippen molar-refractivity contribution < 1.29 is 19.1 Å². The van der Waals surface area contributed by atoms with E-state index >= 15 is 0 Å². The molecule has 0 bridgehead atoms. The van der Waals surface area contributed by atoms with E-state index in [1.165, 1.54) is 9.80 Å². The Morgan fingerprint density at radius 1 is 1.22 bits per heavy atom. The van der Waals surface area contributed by atoms with Gasteiger partial charge in [-0.15, -0.1) is 0 Å². The fourth-order valence-corrected chi connectivity index (χ4v) is 2.82. The summed E-state index contributed by atoms with van der Waals surface area (Å²) in [6, 6.07) is 6.87. The van der Waals surface area contributed by atoms with E-state index in [4.69, 9.17) is 4.74 Å². The molecule has 0 spiro atoms. The molecule has 4 amide bonds. The number of nitrogens with one attached hydrogen (secondary N) is 2. The molecular weight excluding hydrogens is 416 g/mol. The first kappa shape index (κ1) is 21.2. The monoisotopic (exact) mass is 440 g/mol. The summed E-state index contributed by atoms with van der Waals surface area (Å²) >= 11 is 3.34. The molecular formula is C18H25BrN4O4. The quantitative estimate of drug-likeness (QED) is 0.601. The highest BCUT2D eigenvalue weighted by Gasteiger charge is 2.28. The van der Waals surface area contributed by atoms with Crippen molar-refractivity contribution in [3.8, 4) is 0 Å². The van der Waals surface area contributed by atoms with Gasteiger partial charge >= 0.3 is 6.03 Å². The van der Waals surface area contributed by atoms with Crippen molar-refractivity contribution >= 4 is 39.5 Å². The lowest BCUT2D eigenvalue weighted by atomic mass is 10.3. The Bertz CT molecular complexity index is 653. The Kier molecular flexibility index (Phi) is 8.53. The van der Waals surface area contributed by atoms with Gasteiger partial charge in [-0.25, -0.2) is 4.79 Å². The SMILES string of the molecule is CCOCCCNC(=O)CN1CCN(C(=O)Nc2ccc(Br)cc2)CC1=O. The Hall–Kier alpha value is -2.13. The van der Waals surface area contributed by atoms with Crippen molar-refractivity contribution in [1.82, 2.24) is 15.1 Å². The zero-order valence-corrected chi connectivity index (χ0v) is 17.0. The lowest BCUT2D eigenvalue weighted by molar-refractivity contribution is -0.139. The second-order valence-electron chi connectivity index (χ2n) is 6.07. The van der Waals surface area contributed by atoms with Gasteiger partial charge in [0.2, 0.25) is 11.8 Å². The molecule has 1 aliphatic rings. The normalized spacial score (nSPS) is 14.2. The standard InChI is InChI=1S/C18H25BrN4O4/c1-2-27-11-3-8-20-16(24)12-22-9-10-23(13-17(22)25)18(26)21-15-6-4-14(19)5-7-15/h4-7H,2-3,8-13H2,1H3,(H,20,24)(H,21,26). The third-order valence-electron chi connectivity index (χ3n) is 4.03. The number of halogens is 1. The van der Waals surface area contributed by atoms with Crippen LogP contribution in [-0.2, 0) is 14.3 Å². The number of urea groups is 1. The predicted molar refractivity (Wildman–Crippen MR) is 105 cm³/mol. The first-order valence-corrected chi connectivity index (χ1v) is 9.72. The fourth-order valence-electron chi connectivity index (χ4n) is 2.56. The minimum Gasteiger partial charge on any atom is -0.382 e. The number of carbonyl (C=O) groups excluding carboxylic acids is 3. The third kappa shape index (κ3) is 7.18. The zero-order chi connectivity index (χ0) is 19.6. The van der Waals surface area contributed by atoms with Crippen LogP contribution in [0, 0.1) is 0 Å². The summed E-state index contributed by atoms with van der Waals surface area (Å²) in [6.07, 6.45) is 0.734. The van der Waals surface area contributed by atoms with E-state index in [-0.39, 0.29) is 30.9 Å². The highest BCUT2D eigenvalue weighted by Crippen LogP contribution is 2.15. The van der Waals surface area contributed by atoms with Crippen LogP contribution >= 0.6 is 15.9 Å². The van der Waals surface area contributed by atoms with Crippen molar-refractivity contribution in [2.45, 2.75) is 13.3 Å². The predicted octanol–water partition coefficient (Wildman–Crippen LogP) is 1.67. The molecule has 2 rings (SSSR count). The van der Waals surface area contributed by atoms with Gasteiger partial charge in [0.25, 0.3) is 0 Å². The number of nitrogens with zero attached hydrogens (tertiary/aromatic N) is 2. The molecule has 27 heavy (non-hydrogen) atoms. The summed E-state index contributed by atoms with van der Waals surface area (Å²) in [7, 11) is 0. The maximum absolute atomic E-state index is 12.3. The summed E-state index contributed by atoms with van der Waals surface area (Å²) in [6.45, 7) is 4.37. The van der Waals surface area contributed by atoms with Crippen molar-refractivity contribution in [3.63, 3.8) is 0 Å². The van der Waals surface area contributed by atoms with Crippen LogP contribution in [0.4, 0.5) is 10.5 Å². The molecule has 8 nitrogen and oxygen atoms in total. The van der Waals surface area contributed by atoms with E-state index in [1.54, 1.807) is 12.1 Å². The summed E-state index contributed by atoms with van der Waals surface area (Å²) in [5.74, 6) is -0.440. The van der Waals surface area contributed by atoms with E-state index in [0.717, 1.165) is 10.9 Å². The highest BCUT2D eigenvalue weighted by atomic mass is 79.9. The van der Waals surface area contributed by atoms with Crippen molar-refractivity contribution in [1.29, 1.82) is 0 Å². The summed E-state index contributed by atoms with van der Waals surface area (Å²) in [5, 5.41) is 5.53. The minimum atomic E-state index is -0.328. The largest absolute Gasteiger partial charge is 0.382 e. The molecule has 148 valence electrons. The van der Waals surface area contributed by atoms with Crippen LogP contribution in [0.25, 0.3) is 0 Å². The van der Waals surface area contributed by atoms with Gasteiger partial charge in [-0.05, 0) is 37.6 Å². The molecule has 1 saturated heterocycles. The maximum atomic E-state index is 12.3. The van der Waals surface area contributed by atoms with Crippen LogP contribution < -0.4 is 10.6 Å². The van der Waals surface area contributed by atoms with Crippen molar-refractivity contribution in [2.75, 3.05) is 51.3 Å². The number of benzene rings is 1. The van der Waals surface area contributed by atoms with E-state index < -0.39 is 0 Å². The number of carbonyl (C=O) groups is 3. The fraction of sp³-hybridized carbons (Fsp3) is 0.500. The Balaban J connectivity index is 1.72. The molecule has 1 aromatic rings. The van der Waals surface area contributed by atoms with E-state index in [1.807, 2.05) is 19.1 Å². The first-order chi connectivity index (χ1) is 13.0. The number of piperazine rings is 1. The second kappa shape index (κ2) is 10.9. The Morgan fingerprint density at radius 2 is 1.96 bits per heavy atom. The zero-order valence-electron chi connectivity index (χ0n) is 15.4. The van der Waals surface area contributed by atoms with Crippen LogP contribution in [0.3, 0.4) is 0 Å². The van der Waals surface area contributed by atoms with Crippen molar-refractivity contribution in [2.24, 2.45) is 0 Å². The van der Waals surface area contributed by atoms with Gasteiger partial charge < -0.3 is 25.2 Å². The van der Waals surface area contributed by atoms with E-state index in [2.05, 4.69) is 26.6 Å². The summed E-state index contributed by atoms with van der Waals surface area (Å²) in [5.41, 5.74) is 0.657. The van der Waals surface area contributed by atoms with Gasteiger partial charge in [0.1, 0.15) is 6.54 Å². The average Bonchev–Trinajstić information content (AvgIpc) is 2.65. The Labute approximate surface area is 167 Å². The van der Waals surface area contributed by atoms with Crippen LogP contribution in [0.5, 0.6) is 0 Å². The lowest BCUT2D eigenvalue weighted by Crippen LogP contribution is -2.55. The molecule has 0 unspecified atom stereocenters. The molecule has 1 aromatic carbocycles. The first-order valence-electron chi connectivity index (χ1n) is 8.93. The maximum Gasteiger partial charge on any atom is 0.322 e. The number of hydrogen-bond acceptors (Lipinski definition) is 4. The lowest BCUT2D eigenvalue weighted by Gasteiger charge is -2.33. The van der Waals surface area contributed by atoms with E-state index in [0.29, 0.717) is 38.5 Å². The van der Waals surface area contributed by atoms with Gasteiger partial charge in [0, 0.05) is 43.0 Å². The molecule has 0 aliphatic carbocycles. The molecule has 2 N–H and O–H groups in total. The molecule has 9 heteroatoms. The molecule has 0 atom stereocenters. The Morgan fingerprint density at radius 3 is 2.63 bits per heavy atom. The van der Waals surface area contributed by atoms with Gasteiger partial charge in [-0.3, -0.25) is 9.59 Å². The number of amides is 4. The molecule has 0 saturated carbocycles. The van der Waals surface area contributed by atoms with E-state index in [9.17, 15) is 14.4 Å². The van der Waals surface area contributed by atoms with Crippen molar-refractivity contribution in [3.05, 3.63) is 28.7 Å². The molecule has 0 radical (unpaired) electrons. The molecule has 1 heterocycles. The van der Waals surface area contributed by atoms with Gasteiger partial charge in [-0.2, -0.15) is 0 Å².